The van der Waals surface area contributed by atoms with Gasteiger partial charge in [-0.2, -0.15) is 0 Å². The summed E-state index contributed by atoms with van der Waals surface area (Å²) in [4.78, 5) is 29.8. The molecule has 4 aromatic rings. The second-order valence-corrected chi connectivity index (χ2v) is 7.65. The minimum absolute atomic E-state index is 0.192. The molecule has 0 aliphatic carbocycles. The number of halogens is 1. The summed E-state index contributed by atoms with van der Waals surface area (Å²) < 4.78 is 13.2. The van der Waals surface area contributed by atoms with Crippen LogP contribution >= 0.6 is 22.9 Å². The molecule has 7 nitrogen and oxygen atoms in total. The van der Waals surface area contributed by atoms with Gasteiger partial charge in [0, 0.05) is 16.2 Å². The fraction of sp³-hybridized carbons (Fsp3) is 0.150. The fourth-order valence-corrected chi connectivity index (χ4v) is 4.38. The van der Waals surface area contributed by atoms with Gasteiger partial charge in [-0.25, -0.2) is 4.98 Å². The molecule has 29 heavy (non-hydrogen) atoms. The maximum atomic E-state index is 12.8. The van der Waals surface area contributed by atoms with Crippen LogP contribution in [-0.2, 0) is 11.3 Å². The quantitative estimate of drug-likeness (QED) is 0.520. The van der Waals surface area contributed by atoms with Crippen LogP contribution in [0.25, 0.3) is 20.3 Å². The Balaban J connectivity index is 1.63. The second-order valence-electron chi connectivity index (χ2n) is 6.19. The van der Waals surface area contributed by atoms with Gasteiger partial charge in [-0.05, 0) is 12.1 Å². The van der Waals surface area contributed by atoms with Gasteiger partial charge in [-0.15, -0.1) is 11.3 Å². The zero-order valence-corrected chi connectivity index (χ0v) is 17.1. The van der Waals surface area contributed by atoms with Crippen LogP contribution in [0.15, 0.2) is 47.5 Å². The Morgan fingerprint density at radius 1 is 1.21 bits per heavy atom. The van der Waals surface area contributed by atoms with Gasteiger partial charge in [-0.3, -0.25) is 14.2 Å². The van der Waals surface area contributed by atoms with Crippen molar-refractivity contribution in [3.8, 4) is 11.5 Å². The molecule has 9 heteroatoms. The molecule has 0 spiro atoms. The number of benzene rings is 2. The van der Waals surface area contributed by atoms with Gasteiger partial charge in [0.2, 0.25) is 5.91 Å². The first-order valence-electron chi connectivity index (χ1n) is 8.60. The van der Waals surface area contributed by atoms with Crippen molar-refractivity contribution in [3.63, 3.8) is 0 Å². The Labute approximate surface area is 174 Å². The lowest BCUT2D eigenvalue weighted by molar-refractivity contribution is -0.116. The van der Waals surface area contributed by atoms with E-state index < -0.39 is 5.91 Å². The number of anilines is 1. The van der Waals surface area contributed by atoms with Crippen LogP contribution in [0.1, 0.15) is 0 Å². The number of nitrogens with zero attached hydrogens (tertiary/aromatic N) is 2. The van der Waals surface area contributed by atoms with Crippen LogP contribution in [-0.4, -0.2) is 29.7 Å². The average molecular weight is 430 g/mol. The highest BCUT2D eigenvalue weighted by Gasteiger charge is 2.15. The van der Waals surface area contributed by atoms with Crippen molar-refractivity contribution >= 4 is 54.8 Å². The molecule has 0 bridgehead atoms. The third kappa shape index (κ3) is 3.52. The first-order valence-corrected chi connectivity index (χ1v) is 9.79. The first kappa shape index (κ1) is 19.2. The summed E-state index contributed by atoms with van der Waals surface area (Å²) >= 11 is 7.50. The van der Waals surface area contributed by atoms with Crippen LogP contribution in [0.3, 0.4) is 0 Å². The number of aromatic nitrogens is 2. The first-order chi connectivity index (χ1) is 14.0. The van der Waals surface area contributed by atoms with Crippen molar-refractivity contribution in [1.29, 1.82) is 0 Å². The predicted molar refractivity (Wildman–Crippen MR) is 115 cm³/mol. The highest BCUT2D eigenvalue weighted by Crippen LogP contribution is 2.36. The summed E-state index contributed by atoms with van der Waals surface area (Å²) in [6, 6.07) is 10.8. The third-order valence-corrected chi connectivity index (χ3v) is 5.86. The maximum absolute atomic E-state index is 12.8. The Morgan fingerprint density at radius 2 is 1.97 bits per heavy atom. The topological polar surface area (TPSA) is 82.4 Å². The summed E-state index contributed by atoms with van der Waals surface area (Å²) in [6.07, 6.45) is 1.39. The lowest BCUT2D eigenvalue weighted by Crippen LogP contribution is -2.27. The molecule has 0 aliphatic heterocycles. The monoisotopic (exact) mass is 429 g/mol. The molecule has 0 unspecified atom stereocenters. The van der Waals surface area contributed by atoms with E-state index in [1.165, 1.54) is 42.5 Å². The van der Waals surface area contributed by atoms with Crippen molar-refractivity contribution in [1.82, 2.24) is 9.55 Å². The molecular weight excluding hydrogens is 414 g/mol. The molecule has 1 amide bonds. The number of carbonyl (C=O) groups excluding carboxylic acids is 1. The lowest BCUT2D eigenvalue weighted by Gasteiger charge is -2.13. The van der Waals surface area contributed by atoms with Crippen LogP contribution in [0.5, 0.6) is 11.5 Å². The number of ether oxygens (including phenoxy) is 2. The minimum Gasteiger partial charge on any atom is -0.495 e. The molecule has 148 valence electrons. The number of fused-ring (bicyclic) bond motifs is 3. The second kappa shape index (κ2) is 7.73. The van der Waals surface area contributed by atoms with Gasteiger partial charge in [0.1, 0.15) is 22.7 Å². The number of hydrogen-bond acceptors (Lipinski definition) is 6. The van der Waals surface area contributed by atoms with Crippen molar-refractivity contribution in [3.05, 3.63) is 58.1 Å². The highest BCUT2D eigenvalue weighted by molar-refractivity contribution is 7.25. The Hall–Kier alpha value is -3.10. The van der Waals surface area contributed by atoms with Crippen LogP contribution < -0.4 is 20.3 Å². The number of nitrogens with one attached hydrogen (secondary N) is 1. The van der Waals surface area contributed by atoms with Crippen LogP contribution in [0, 0.1) is 0 Å². The molecule has 2 aromatic heterocycles. The molecular formula is C20H16ClN3O4S. The molecule has 1 N–H and O–H groups in total. The van der Waals surface area contributed by atoms with Gasteiger partial charge in [0.25, 0.3) is 5.56 Å². The van der Waals surface area contributed by atoms with Crippen LogP contribution in [0.2, 0.25) is 5.02 Å². The molecule has 2 aromatic carbocycles. The normalized spacial score (nSPS) is 11.0. The number of hydrogen-bond donors (Lipinski definition) is 1. The van der Waals surface area contributed by atoms with E-state index in [1.54, 1.807) is 6.07 Å². The van der Waals surface area contributed by atoms with E-state index in [2.05, 4.69) is 10.3 Å². The molecule has 4 rings (SSSR count). The summed E-state index contributed by atoms with van der Waals surface area (Å²) in [7, 11) is 2.96. The molecule has 0 saturated carbocycles. The van der Waals surface area contributed by atoms with E-state index in [1.807, 2.05) is 24.3 Å². The Morgan fingerprint density at radius 3 is 2.72 bits per heavy atom. The number of methoxy groups -OCH3 is 2. The molecule has 0 aliphatic rings. The summed E-state index contributed by atoms with van der Waals surface area (Å²) in [5.41, 5.74) is 0.772. The van der Waals surface area contributed by atoms with Gasteiger partial charge in [0.15, 0.2) is 0 Å². The molecule has 0 radical (unpaired) electrons. The summed E-state index contributed by atoms with van der Waals surface area (Å²) in [5, 5.41) is 3.97. The van der Waals surface area contributed by atoms with E-state index in [9.17, 15) is 9.59 Å². The van der Waals surface area contributed by atoms with Crippen molar-refractivity contribution in [2.75, 3.05) is 19.5 Å². The molecule has 0 saturated heterocycles. The Bertz CT molecular complexity index is 1300. The average Bonchev–Trinajstić information content (AvgIpc) is 3.10. The number of carbonyl (C=O) groups is 1. The van der Waals surface area contributed by atoms with E-state index in [-0.39, 0.29) is 12.1 Å². The van der Waals surface area contributed by atoms with E-state index in [4.69, 9.17) is 21.1 Å². The van der Waals surface area contributed by atoms with E-state index >= 15 is 0 Å². The van der Waals surface area contributed by atoms with Gasteiger partial charge in [-0.1, -0.05) is 29.8 Å². The lowest BCUT2D eigenvalue weighted by atomic mass is 10.2. The minimum atomic E-state index is -0.408. The standard InChI is InChI=1S/C20H16ClN3O4S/c1-27-14-8-15(28-2)13(7-12(14)21)23-17(25)9-24-10-22-18-11-5-3-4-6-16(11)29-19(18)20(24)26/h3-8,10H,9H2,1-2H3,(H,23,25). The number of rotatable bonds is 5. The summed E-state index contributed by atoms with van der Waals surface area (Å²) in [5.74, 6) is 0.413. The van der Waals surface area contributed by atoms with Gasteiger partial charge < -0.3 is 14.8 Å². The van der Waals surface area contributed by atoms with Crippen molar-refractivity contribution < 1.29 is 14.3 Å². The zero-order valence-electron chi connectivity index (χ0n) is 15.6. The highest BCUT2D eigenvalue weighted by atomic mass is 35.5. The van der Waals surface area contributed by atoms with Gasteiger partial charge in [0.05, 0.1) is 36.8 Å². The third-order valence-electron chi connectivity index (χ3n) is 4.41. The number of amides is 1. The summed E-state index contributed by atoms with van der Waals surface area (Å²) in [6.45, 7) is -0.192. The van der Waals surface area contributed by atoms with E-state index in [0.29, 0.717) is 32.4 Å². The van der Waals surface area contributed by atoms with Crippen LogP contribution in [0.4, 0.5) is 5.69 Å². The SMILES string of the molecule is COc1cc(OC)c(NC(=O)Cn2cnc3c(sc4ccccc43)c2=O)cc1Cl. The van der Waals surface area contributed by atoms with Crippen molar-refractivity contribution in [2.24, 2.45) is 0 Å². The zero-order chi connectivity index (χ0) is 20.5. The fourth-order valence-electron chi connectivity index (χ4n) is 3.03. The molecule has 0 atom stereocenters. The molecule has 0 fully saturated rings. The smallest absolute Gasteiger partial charge is 0.271 e. The van der Waals surface area contributed by atoms with Crippen molar-refractivity contribution in [2.45, 2.75) is 6.54 Å². The van der Waals surface area contributed by atoms with E-state index in [0.717, 1.165) is 10.1 Å². The predicted octanol–water partition coefficient (Wildman–Crippen LogP) is 3.92. The maximum Gasteiger partial charge on any atom is 0.271 e. The largest absolute Gasteiger partial charge is 0.495 e. The Kier molecular flexibility index (Phi) is 5.12. The molecule has 2 heterocycles. The van der Waals surface area contributed by atoms with Gasteiger partial charge >= 0.3 is 0 Å². The number of thiophene rings is 1.